The van der Waals surface area contributed by atoms with Crippen molar-refractivity contribution < 1.29 is 4.79 Å². The molecule has 1 aliphatic heterocycles. The van der Waals surface area contributed by atoms with Crippen LogP contribution in [0.5, 0.6) is 0 Å². The summed E-state index contributed by atoms with van der Waals surface area (Å²) in [6, 6.07) is 13.3. The average Bonchev–Trinajstić information content (AvgIpc) is 2.69. The van der Waals surface area contributed by atoms with Crippen molar-refractivity contribution >= 4 is 22.4 Å². The quantitative estimate of drug-likeness (QED) is 0.763. The van der Waals surface area contributed by atoms with Crippen LogP contribution in [0.4, 0.5) is 5.69 Å². The molecule has 1 aromatic carbocycles. The molecule has 0 bridgehead atoms. The third-order valence-corrected chi connectivity index (χ3v) is 4.80. The molecule has 1 amide bonds. The molecule has 0 atom stereocenters. The number of carbonyl (C=O) groups is 1. The van der Waals surface area contributed by atoms with Gasteiger partial charge in [-0.15, -0.1) is 0 Å². The Morgan fingerprint density at radius 3 is 2.73 bits per heavy atom. The molecule has 0 saturated carbocycles. The number of hydrogen-bond acceptors (Lipinski definition) is 4. The number of hydrogen-bond donors (Lipinski definition) is 2. The van der Waals surface area contributed by atoms with Gasteiger partial charge in [-0.25, -0.2) is 0 Å². The molecule has 3 aromatic rings. The first kappa shape index (κ1) is 16.3. The van der Waals surface area contributed by atoms with Gasteiger partial charge in [0, 0.05) is 36.9 Å². The summed E-state index contributed by atoms with van der Waals surface area (Å²) in [6.45, 7) is 1.32. The van der Waals surface area contributed by atoms with Crippen molar-refractivity contribution in [3.05, 3.63) is 70.9 Å². The van der Waals surface area contributed by atoms with Crippen molar-refractivity contribution in [1.82, 2.24) is 14.9 Å². The van der Waals surface area contributed by atoms with E-state index in [9.17, 15) is 9.59 Å². The molecule has 6 nitrogen and oxygen atoms in total. The Hall–Kier alpha value is -3.15. The molecule has 4 rings (SSSR count). The van der Waals surface area contributed by atoms with Gasteiger partial charge >= 0.3 is 0 Å². The van der Waals surface area contributed by atoms with Gasteiger partial charge in [-0.1, -0.05) is 18.2 Å². The highest BCUT2D eigenvalue weighted by molar-refractivity contribution is 5.96. The molecular weight excluding hydrogens is 328 g/mol. The van der Waals surface area contributed by atoms with Crippen LogP contribution in [0.2, 0.25) is 0 Å². The highest BCUT2D eigenvalue weighted by Crippen LogP contribution is 2.18. The van der Waals surface area contributed by atoms with Crippen molar-refractivity contribution in [2.45, 2.75) is 18.9 Å². The molecule has 1 saturated heterocycles. The van der Waals surface area contributed by atoms with E-state index in [0.717, 1.165) is 23.9 Å². The van der Waals surface area contributed by atoms with Crippen LogP contribution in [-0.2, 0) is 0 Å². The number of benzene rings is 1. The molecule has 132 valence electrons. The van der Waals surface area contributed by atoms with Crippen LogP contribution in [0.15, 0.2) is 59.7 Å². The van der Waals surface area contributed by atoms with Crippen molar-refractivity contribution in [1.29, 1.82) is 0 Å². The summed E-state index contributed by atoms with van der Waals surface area (Å²) in [6.07, 6.45) is 5.27. The third-order valence-electron chi connectivity index (χ3n) is 4.80. The van der Waals surface area contributed by atoms with Crippen molar-refractivity contribution in [2.24, 2.45) is 0 Å². The molecule has 0 aliphatic carbocycles. The Balaban J connectivity index is 1.44. The van der Waals surface area contributed by atoms with E-state index >= 15 is 0 Å². The number of nitrogens with one attached hydrogen (secondary N) is 2. The van der Waals surface area contributed by atoms with Gasteiger partial charge in [0.2, 0.25) is 0 Å². The van der Waals surface area contributed by atoms with Crippen molar-refractivity contribution in [2.75, 3.05) is 18.4 Å². The van der Waals surface area contributed by atoms with E-state index in [-0.39, 0.29) is 11.5 Å². The van der Waals surface area contributed by atoms with Gasteiger partial charge in [-0.2, -0.15) is 0 Å². The molecule has 6 heteroatoms. The average molecular weight is 348 g/mol. The largest absolute Gasteiger partial charge is 0.381 e. The van der Waals surface area contributed by atoms with Gasteiger partial charge in [0.1, 0.15) is 5.69 Å². The molecule has 1 aliphatic rings. The Morgan fingerprint density at radius 1 is 1.15 bits per heavy atom. The lowest BCUT2D eigenvalue weighted by Gasteiger charge is -2.32. The van der Waals surface area contributed by atoms with Gasteiger partial charge in [0.15, 0.2) is 0 Å². The highest BCUT2D eigenvalue weighted by atomic mass is 16.2. The lowest BCUT2D eigenvalue weighted by molar-refractivity contribution is 0.0712. The fourth-order valence-electron chi connectivity index (χ4n) is 3.41. The zero-order valence-corrected chi connectivity index (χ0v) is 14.3. The maximum Gasteiger partial charge on any atom is 0.270 e. The number of nitrogens with zero attached hydrogens (tertiary/aromatic N) is 2. The molecule has 1 fully saturated rings. The van der Waals surface area contributed by atoms with Crippen LogP contribution in [-0.4, -0.2) is 39.9 Å². The second kappa shape index (κ2) is 7.00. The predicted octanol–water partition coefficient (Wildman–Crippen LogP) is 2.64. The second-order valence-electron chi connectivity index (χ2n) is 6.55. The Labute approximate surface area is 150 Å². The number of rotatable bonds is 3. The summed E-state index contributed by atoms with van der Waals surface area (Å²) in [5, 5.41) is 4.84. The fourth-order valence-corrected chi connectivity index (χ4v) is 3.41. The van der Waals surface area contributed by atoms with Gasteiger partial charge < -0.3 is 15.2 Å². The zero-order valence-electron chi connectivity index (χ0n) is 14.3. The normalized spacial score (nSPS) is 15.2. The minimum absolute atomic E-state index is 0.118. The fraction of sp³-hybridized carbons (Fsp3) is 0.250. The first-order valence-corrected chi connectivity index (χ1v) is 8.78. The van der Waals surface area contributed by atoms with Crippen LogP contribution in [0.1, 0.15) is 23.3 Å². The molecule has 2 N–H and O–H groups in total. The standard InChI is InChI=1S/C20H20N4O2/c25-19-17-6-2-1-4-14(17)12-18(23-19)20(26)24-10-7-15(8-11-24)22-16-5-3-9-21-13-16/h1-6,9,12-13,15,22H,7-8,10-11H2,(H,23,25). The van der Waals surface area contributed by atoms with Crippen LogP contribution < -0.4 is 10.9 Å². The summed E-state index contributed by atoms with van der Waals surface area (Å²) in [7, 11) is 0. The lowest BCUT2D eigenvalue weighted by atomic mass is 10.0. The zero-order chi connectivity index (χ0) is 17.9. The van der Waals surface area contributed by atoms with E-state index in [1.54, 1.807) is 24.5 Å². The molecule has 3 heterocycles. The summed E-state index contributed by atoms with van der Waals surface area (Å²) < 4.78 is 0. The number of aromatic nitrogens is 2. The Morgan fingerprint density at radius 2 is 1.96 bits per heavy atom. The number of aromatic amines is 1. The predicted molar refractivity (Wildman–Crippen MR) is 101 cm³/mol. The molecular formula is C20H20N4O2. The SMILES string of the molecule is O=C(c1cc2ccccc2c(=O)[nH]1)N1CCC(Nc2cccnc2)CC1. The summed E-state index contributed by atoms with van der Waals surface area (Å²) in [4.78, 5) is 33.6. The third kappa shape index (κ3) is 3.31. The summed E-state index contributed by atoms with van der Waals surface area (Å²) in [5.41, 5.74) is 1.13. The van der Waals surface area contributed by atoms with Gasteiger partial charge in [-0.3, -0.25) is 14.6 Å². The van der Waals surface area contributed by atoms with Gasteiger partial charge in [0.25, 0.3) is 11.5 Å². The minimum Gasteiger partial charge on any atom is -0.381 e. The van der Waals surface area contributed by atoms with E-state index in [1.165, 1.54) is 0 Å². The molecule has 0 radical (unpaired) electrons. The van der Waals surface area contributed by atoms with Crippen LogP contribution in [0, 0.1) is 0 Å². The first-order chi connectivity index (χ1) is 12.7. The molecule has 0 spiro atoms. The highest BCUT2D eigenvalue weighted by Gasteiger charge is 2.24. The molecule has 0 unspecified atom stereocenters. The minimum atomic E-state index is -0.223. The maximum absolute atomic E-state index is 12.8. The van der Waals surface area contributed by atoms with E-state index in [1.807, 2.05) is 35.2 Å². The Bertz CT molecular complexity index is 976. The Kier molecular flexibility index (Phi) is 4.39. The number of likely N-dealkylation sites (tertiary alicyclic amines) is 1. The van der Waals surface area contributed by atoms with Crippen LogP contribution in [0.25, 0.3) is 10.8 Å². The number of pyridine rings is 2. The molecule has 26 heavy (non-hydrogen) atoms. The summed E-state index contributed by atoms with van der Waals surface area (Å²) >= 11 is 0. The monoisotopic (exact) mass is 348 g/mol. The number of carbonyl (C=O) groups excluding carboxylic acids is 1. The topological polar surface area (TPSA) is 78.1 Å². The van der Waals surface area contributed by atoms with Gasteiger partial charge in [-0.05, 0) is 42.5 Å². The molecule has 2 aromatic heterocycles. The van der Waals surface area contributed by atoms with Crippen LogP contribution in [0.3, 0.4) is 0 Å². The maximum atomic E-state index is 12.8. The van der Waals surface area contributed by atoms with E-state index in [2.05, 4.69) is 15.3 Å². The smallest absolute Gasteiger partial charge is 0.270 e. The summed E-state index contributed by atoms with van der Waals surface area (Å²) in [5.74, 6) is -0.118. The van der Waals surface area contributed by atoms with Crippen molar-refractivity contribution in [3.63, 3.8) is 0 Å². The van der Waals surface area contributed by atoms with Crippen LogP contribution >= 0.6 is 0 Å². The first-order valence-electron chi connectivity index (χ1n) is 8.78. The lowest BCUT2D eigenvalue weighted by Crippen LogP contribution is -2.43. The van der Waals surface area contributed by atoms with Crippen molar-refractivity contribution in [3.8, 4) is 0 Å². The second-order valence-corrected chi connectivity index (χ2v) is 6.55. The number of amides is 1. The number of anilines is 1. The number of H-pyrrole nitrogens is 1. The van der Waals surface area contributed by atoms with Gasteiger partial charge in [0.05, 0.1) is 5.69 Å². The number of fused-ring (bicyclic) bond motifs is 1. The van der Waals surface area contributed by atoms with E-state index < -0.39 is 0 Å². The van der Waals surface area contributed by atoms with E-state index in [0.29, 0.717) is 30.2 Å². The van der Waals surface area contributed by atoms with E-state index in [4.69, 9.17) is 0 Å². The number of piperidine rings is 1.